The monoisotopic (exact) mass is 275 g/mol. The minimum Gasteiger partial charge on any atom is -0.395 e. The molecule has 1 amide bonds. The van der Waals surface area contributed by atoms with E-state index in [4.69, 9.17) is 5.11 Å². The number of carbonyl (C=O) groups excluding carboxylic acids is 1. The highest BCUT2D eigenvalue weighted by Crippen LogP contribution is 2.13. The van der Waals surface area contributed by atoms with Crippen LogP contribution in [0.1, 0.15) is 5.56 Å². The Morgan fingerprint density at radius 2 is 2.05 bits per heavy atom. The molecular weight excluding hydrogens is 258 g/mol. The predicted octanol–water partition coefficient (Wildman–Crippen LogP) is 0.0992. The first kappa shape index (κ1) is 14.1. The van der Waals surface area contributed by atoms with Gasteiger partial charge in [-0.3, -0.25) is 4.79 Å². The van der Waals surface area contributed by atoms with Crippen LogP contribution in [0.15, 0.2) is 24.3 Å². The molecule has 0 spiro atoms. The van der Waals surface area contributed by atoms with Gasteiger partial charge in [0.25, 0.3) is 0 Å². The lowest BCUT2D eigenvalue weighted by Gasteiger charge is -2.14. The molecule has 1 heterocycles. The minimum atomic E-state index is -0.174. The average molecular weight is 275 g/mol. The minimum absolute atomic E-state index is 0.00929. The van der Waals surface area contributed by atoms with Gasteiger partial charge in [-0.1, -0.05) is 29.8 Å². The Balaban J connectivity index is 2.05. The average Bonchev–Trinajstić information content (AvgIpc) is 2.88. The number of benzene rings is 1. The van der Waals surface area contributed by atoms with Crippen LogP contribution in [0.5, 0.6) is 0 Å². The molecule has 7 nitrogen and oxygen atoms in total. The normalized spacial score (nSPS) is 10.6. The first-order valence-electron chi connectivity index (χ1n) is 6.30. The van der Waals surface area contributed by atoms with Crippen molar-refractivity contribution in [2.75, 3.05) is 20.2 Å². The molecule has 0 fully saturated rings. The van der Waals surface area contributed by atoms with Crippen molar-refractivity contribution in [3.05, 3.63) is 29.8 Å². The molecule has 1 N–H and O–H groups in total. The second-order valence-corrected chi connectivity index (χ2v) is 4.55. The summed E-state index contributed by atoms with van der Waals surface area (Å²) in [4.78, 5) is 14.5. The number of aliphatic hydroxyl groups is 1. The standard InChI is InChI=1S/C13H17N5O2/c1-10-3-5-11(6-4-10)13-14-16-18(15-13)9-12(20)17(2)7-8-19/h3-6,19H,7-9H2,1-2H3. The molecule has 0 saturated heterocycles. The molecule has 0 atom stereocenters. The van der Waals surface area contributed by atoms with Gasteiger partial charge in [-0.15, -0.1) is 10.2 Å². The van der Waals surface area contributed by atoms with Crippen molar-refractivity contribution in [1.29, 1.82) is 0 Å². The number of carbonyl (C=O) groups is 1. The molecule has 0 aliphatic carbocycles. The van der Waals surface area contributed by atoms with E-state index in [0.29, 0.717) is 12.4 Å². The van der Waals surface area contributed by atoms with E-state index in [9.17, 15) is 4.79 Å². The lowest BCUT2D eigenvalue weighted by molar-refractivity contribution is -0.131. The van der Waals surface area contributed by atoms with Gasteiger partial charge in [0.15, 0.2) is 0 Å². The second-order valence-electron chi connectivity index (χ2n) is 4.55. The fraction of sp³-hybridized carbons (Fsp3) is 0.385. The third-order valence-corrected chi connectivity index (χ3v) is 2.90. The molecule has 0 aliphatic rings. The molecule has 1 aromatic heterocycles. The van der Waals surface area contributed by atoms with Gasteiger partial charge in [0.2, 0.25) is 11.7 Å². The summed E-state index contributed by atoms with van der Waals surface area (Å²) in [6.45, 7) is 2.24. The van der Waals surface area contributed by atoms with Crippen LogP contribution in [-0.4, -0.2) is 56.3 Å². The Kier molecular flexibility index (Phi) is 4.41. The maximum atomic E-state index is 11.8. The molecule has 2 aromatic rings. The van der Waals surface area contributed by atoms with E-state index in [1.54, 1.807) is 7.05 Å². The smallest absolute Gasteiger partial charge is 0.246 e. The topological polar surface area (TPSA) is 84.1 Å². The maximum Gasteiger partial charge on any atom is 0.246 e. The Bertz CT molecular complexity index is 579. The number of likely N-dealkylation sites (N-methyl/N-ethyl adjacent to an activating group) is 1. The van der Waals surface area contributed by atoms with Crippen molar-refractivity contribution in [2.24, 2.45) is 0 Å². The zero-order valence-corrected chi connectivity index (χ0v) is 11.5. The fourth-order valence-corrected chi connectivity index (χ4v) is 1.64. The van der Waals surface area contributed by atoms with Crippen molar-refractivity contribution in [3.63, 3.8) is 0 Å². The van der Waals surface area contributed by atoms with Crippen LogP contribution in [0.4, 0.5) is 0 Å². The SMILES string of the molecule is Cc1ccc(-c2nnn(CC(=O)N(C)CCO)n2)cc1. The molecule has 2 rings (SSSR count). The van der Waals surface area contributed by atoms with E-state index < -0.39 is 0 Å². The van der Waals surface area contributed by atoms with Gasteiger partial charge >= 0.3 is 0 Å². The van der Waals surface area contributed by atoms with Gasteiger partial charge in [0.1, 0.15) is 6.54 Å². The number of tetrazole rings is 1. The number of rotatable bonds is 5. The Morgan fingerprint density at radius 3 is 2.70 bits per heavy atom. The van der Waals surface area contributed by atoms with Gasteiger partial charge in [0, 0.05) is 19.2 Å². The largest absolute Gasteiger partial charge is 0.395 e. The van der Waals surface area contributed by atoms with E-state index in [1.807, 2.05) is 31.2 Å². The van der Waals surface area contributed by atoms with E-state index in [2.05, 4.69) is 15.4 Å². The first-order chi connectivity index (χ1) is 9.60. The number of aliphatic hydroxyl groups excluding tert-OH is 1. The zero-order chi connectivity index (χ0) is 14.5. The number of hydrogen-bond donors (Lipinski definition) is 1. The van der Waals surface area contributed by atoms with Crippen LogP contribution < -0.4 is 0 Å². The van der Waals surface area contributed by atoms with Crippen LogP contribution in [0.3, 0.4) is 0 Å². The summed E-state index contributed by atoms with van der Waals surface area (Å²) in [5.74, 6) is 0.314. The summed E-state index contributed by atoms with van der Waals surface area (Å²) < 4.78 is 0. The predicted molar refractivity (Wildman–Crippen MR) is 72.7 cm³/mol. The van der Waals surface area contributed by atoms with Crippen LogP contribution >= 0.6 is 0 Å². The van der Waals surface area contributed by atoms with E-state index in [0.717, 1.165) is 11.1 Å². The summed E-state index contributed by atoms with van der Waals surface area (Å²) in [6.07, 6.45) is 0. The zero-order valence-electron chi connectivity index (χ0n) is 11.5. The van der Waals surface area contributed by atoms with Crippen LogP contribution in [0, 0.1) is 6.92 Å². The number of nitrogens with zero attached hydrogens (tertiary/aromatic N) is 5. The van der Waals surface area contributed by atoms with Crippen LogP contribution in [0.25, 0.3) is 11.4 Å². The summed E-state index contributed by atoms with van der Waals surface area (Å²) in [5.41, 5.74) is 2.01. The van der Waals surface area contributed by atoms with Crippen molar-refractivity contribution in [1.82, 2.24) is 25.1 Å². The van der Waals surface area contributed by atoms with Gasteiger partial charge in [-0.25, -0.2) is 0 Å². The van der Waals surface area contributed by atoms with E-state index in [-0.39, 0.29) is 19.1 Å². The molecule has 0 aliphatic heterocycles. The third kappa shape index (κ3) is 3.39. The summed E-state index contributed by atoms with van der Waals surface area (Å²) in [7, 11) is 1.62. The highest BCUT2D eigenvalue weighted by atomic mass is 16.3. The van der Waals surface area contributed by atoms with Gasteiger partial charge in [-0.05, 0) is 12.1 Å². The van der Waals surface area contributed by atoms with E-state index in [1.165, 1.54) is 9.70 Å². The summed E-state index contributed by atoms with van der Waals surface area (Å²) in [6, 6.07) is 7.76. The lowest BCUT2D eigenvalue weighted by atomic mass is 10.1. The van der Waals surface area contributed by atoms with E-state index >= 15 is 0 Å². The number of amides is 1. The van der Waals surface area contributed by atoms with Gasteiger partial charge in [0.05, 0.1) is 6.61 Å². The second kappa shape index (κ2) is 6.25. The molecule has 7 heteroatoms. The molecule has 0 bridgehead atoms. The highest BCUT2D eigenvalue weighted by molar-refractivity contribution is 5.75. The fourth-order valence-electron chi connectivity index (χ4n) is 1.64. The molecule has 0 unspecified atom stereocenters. The molecule has 0 radical (unpaired) electrons. The molecule has 1 aromatic carbocycles. The maximum absolute atomic E-state index is 11.8. The van der Waals surface area contributed by atoms with Gasteiger partial charge in [-0.2, -0.15) is 4.80 Å². The van der Waals surface area contributed by atoms with Crippen LogP contribution in [-0.2, 0) is 11.3 Å². The first-order valence-corrected chi connectivity index (χ1v) is 6.30. The molecular formula is C13H17N5O2. The Morgan fingerprint density at radius 1 is 1.35 bits per heavy atom. The lowest BCUT2D eigenvalue weighted by Crippen LogP contribution is -2.33. The van der Waals surface area contributed by atoms with Crippen molar-refractivity contribution in [3.8, 4) is 11.4 Å². The Labute approximate surface area is 116 Å². The highest BCUT2D eigenvalue weighted by Gasteiger charge is 2.12. The Hall–Kier alpha value is -2.28. The van der Waals surface area contributed by atoms with Crippen molar-refractivity contribution < 1.29 is 9.90 Å². The third-order valence-electron chi connectivity index (χ3n) is 2.90. The van der Waals surface area contributed by atoms with Crippen molar-refractivity contribution in [2.45, 2.75) is 13.5 Å². The quantitative estimate of drug-likeness (QED) is 0.836. The molecule has 0 saturated carbocycles. The number of aryl methyl sites for hydroxylation is 1. The summed E-state index contributed by atoms with van der Waals surface area (Å²) >= 11 is 0. The van der Waals surface area contributed by atoms with Crippen LogP contribution in [0.2, 0.25) is 0 Å². The van der Waals surface area contributed by atoms with Gasteiger partial charge < -0.3 is 10.0 Å². The summed E-state index contributed by atoms with van der Waals surface area (Å²) in [5, 5.41) is 20.8. The molecule has 20 heavy (non-hydrogen) atoms. The number of hydrogen-bond acceptors (Lipinski definition) is 5. The number of aromatic nitrogens is 4. The van der Waals surface area contributed by atoms with Crippen molar-refractivity contribution >= 4 is 5.91 Å². The molecule has 106 valence electrons.